The fourth-order valence-electron chi connectivity index (χ4n) is 18.7. The summed E-state index contributed by atoms with van der Waals surface area (Å²) in [4.78, 5) is 120. The van der Waals surface area contributed by atoms with Crippen molar-refractivity contribution in [3.05, 3.63) is 252 Å². The second-order valence-corrected chi connectivity index (χ2v) is 39.8. The Balaban J connectivity index is 0.000000178. The number of pyridine rings is 9. The van der Waals surface area contributed by atoms with Gasteiger partial charge in [-0.25, -0.2) is 28.1 Å². The second-order valence-electron chi connectivity index (χ2n) is 35.1. The molecular formula is C99H87Cl12F3N18O9. The van der Waals surface area contributed by atoms with Crippen LogP contribution in [0.5, 0.6) is 17.2 Å². The predicted molar refractivity (Wildman–Crippen MR) is 552 cm³/mol. The molecule has 3 fully saturated rings. The van der Waals surface area contributed by atoms with Crippen molar-refractivity contribution in [1.82, 2.24) is 58.3 Å². The molecule has 732 valence electrons. The third kappa shape index (κ3) is 18.8. The van der Waals surface area contributed by atoms with E-state index in [0.717, 1.165) is 0 Å². The molecule has 0 unspecified atom stereocenters. The van der Waals surface area contributed by atoms with Gasteiger partial charge >= 0.3 is 0 Å². The molecule has 3 aromatic carbocycles. The number of fused-ring (bicyclic) bond motifs is 3. The quantitative estimate of drug-likeness (QED) is 0.0487. The SMILES string of the molecule is C=CC(=O)N1[C@H](C)CN(c2c(C#N)c(=O)n(-c3c(C)ccnc3C(C)C)c3nc(-c4c(Cl)c(O)c(Cl)c(F)c4Cl)c(Cl)cc23)C[C@@H]1C.C=CC(=O)N1[C@H](C)CN(c2c(C#N)c(=O)n(-c3c(C)ccnc3C(C)C)c3nc(-c4c(Cl)c(O)c(Cl)c(F)c4Cl)c(Cl)cc23)C[C@@H]1C.C=CC(=O)N1[C@H](C)CN(c2c(C#N)c(=O)n(-c3c(C)ccnc3C(C)C)c3nc(-c4c(F)c(O)c(Cl)c(Cl)c4Cl)c(Cl)cc23)C[C@@H]1C. The first-order valence-corrected chi connectivity index (χ1v) is 48.2. The highest BCUT2D eigenvalue weighted by Gasteiger charge is 2.42. The fourth-order valence-corrected chi connectivity index (χ4v) is 21.9. The number of aromatic hydroxyl groups is 3. The number of aromatic nitrogens is 9. The zero-order valence-electron chi connectivity index (χ0n) is 78.0. The van der Waals surface area contributed by atoms with E-state index in [1.54, 1.807) is 72.3 Å². The van der Waals surface area contributed by atoms with Gasteiger partial charge in [-0.05, 0) is 151 Å². The number of aryl methyl sites for hydroxylation is 3. The first-order valence-electron chi connectivity index (χ1n) is 43.7. The van der Waals surface area contributed by atoms with Crippen molar-refractivity contribution in [2.75, 3.05) is 54.0 Å². The first-order chi connectivity index (χ1) is 66.5. The second kappa shape index (κ2) is 42.1. The number of nitrogens with zero attached hydrogens (tertiary/aromatic N) is 18. The van der Waals surface area contributed by atoms with E-state index >= 15 is 13.2 Å². The summed E-state index contributed by atoms with van der Waals surface area (Å²) in [6.45, 7) is 40.5. The van der Waals surface area contributed by atoms with Gasteiger partial charge < -0.3 is 44.7 Å². The lowest BCUT2D eigenvalue weighted by Gasteiger charge is -2.45. The number of piperazine rings is 3. The van der Waals surface area contributed by atoms with Gasteiger partial charge in [0.1, 0.15) is 66.9 Å². The number of carbonyl (C=O) groups is 3. The molecule has 3 amide bonds. The third-order valence-corrected chi connectivity index (χ3v) is 29.1. The number of benzene rings is 3. The van der Waals surface area contributed by atoms with Crippen LogP contribution in [0.4, 0.5) is 30.2 Å². The van der Waals surface area contributed by atoms with Crippen molar-refractivity contribution in [3.63, 3.8) is 0 Å². The highest BCUT2D eigenvalue weighted by Crippen LogP contribution is 2.54. The number of hydrogen-bond acceptors (Lipinski definition) is 21. The molecule has 0 aliphatic carbocycles. The van der Waals surface area contributed by atoms with Crippen LogP contribution >= 0.6 is 139 Å². The Kier molecular flexibility index (Phi) is 31.9. The van der Waals surface area contributed by atoms with E-state index in [0.29, 0.717) is 67.0 Å². The molecule has 3 N–H and O–H groups in total. The number of nitriles is 3. The van der Waals surface area contributed by atoms with Gasteiger partial charge in [-0.1, -0.05) is 200 Å². The summed E-state index contributed by atoms with van der Waals surface area (Å²) in [5.74, 6) is -7.12. The van der Waals surface area contributed by atoms with E-state index in [-0.39, 0.29) is 215 Å². The summed E-state index contributed by atoms with van der Waals surface area (Å²) in [5, 5.41) is 59.3. The summed E-state index contributed by atoms with van der Waals surface area (Å²) >= 11 is 76.7. The van der Waals surface area contributed by atoms with Crippen LogP contribution in [0.3, 0.4) is 0 Å². The normalized spacial score (nSPS) is 16.6. The van der Waals surface area contributed by atoms with E-state index in [4.69, 9.17) is 154 Å². The van der Waals surface area contributed by atoms with Crippen LogP contribution < -0.4 is 31.4 Å². The summed E-state index contributed by atoms with van der Waals surface area (Å²) in [6.07, 6.45) is 8.63. The van der Waals surface area contributed by atoms with Crippen LogP contribution in [0, 0.1) is 72.2 Å². The van der Waals surface area contributed by atoms with Gasteiger partial charge in [0, 0.05) is 121 Å². The van der Waals surface area contributed by atoms with Gasteiger partial charge in [0.05, 0.1) is 119 Å². The molecule has 27 nitrogen and oxygen atoms in total. The first kappa shape index (κ1) is 107. The van der Waals surface area contributed by atoms with Crippen molar-refractivity contribution in [2.24, 2.45) is 0 Å². The highest BCUT2D eigenvalue weighted by molar-refractivity contribution is 6.50. The number of amides is 3. The predicted octanol–water partition coefficient (Wildman–Crippen LogP) is 23.5. The smallest absolute Gasteiger partial charge is 0.276 e. The molecule has 12 aromatic rings. The monoisotopic (exact) mass is 2150 g/mol. The van der Waals surface area contributed by atoms with Gasteiger partial charge in [-0.2, -0.15) is 15.8 Å². The van der Waals surface area contributed by atoms with Crippen molar-refractivity contribution < 1.29 is 42.9 Å². The van der Waals surface area contributed by atoms with Crippen LogP contribution in [0.1, 0.15) is 151 Å². The summed E-state index contributed by atoms with van der Waals surface area (Å²) in [7, 11) is 0. The minimum absolute atomic E-state index is 0.0207. The number of hydrogen-bond donors (Lipinski definition) is 3. The standard InChI is InChI=1S/3C33H29Cl4FN6O3/c1-7-21(45)43-16(5)12-42(13-17(43)6)30-18-10-20(34)28(22-23(35)24(36)25(37)31(46)26(22)38)41-32(18)44(33(47)19(30)11-39)29-15(4)8-9-40-27(29)14(2)3;2*1-7-21(45)43-16(5)12-42(13-17(43)6)30-18-10-20(34)28(22-23(35)26(38)25(37)31(46)24(22)36)41-32(18)44(33(47)19(30)11-39)29-15(4)8-9-40-27(29)14(2)3/h3*7-10,14,16-17,46H,1,12-13H2,2-6H3/t3*16-,17+. The van der Waals surface area contributed by atoms with Crippen LogP contribution in [-0.4, -0.2) is 167 Å². The minimum Gasteiger partial charge on any atom is -0.505 e. The lowest BCUT2D eigenvalue weighted by Crippen LogP contribution is -2.58. The molecule has 3 aliphatic rings. The average Bonchev–Trinajstić information content (AvgIpc) is 0.725. The number of phenolic OH excluding ortho intramolecular Hbond substituents is 3. The summed E-state index contributed by atoms with van der Waals surface area (Å²) < 4.78 is 49.7. The number of phenols is 3. The molecule has 12 heterocycles. The molecule has 42 heteroatoms. The Hall–Kier alpha value is -11.6. The molecule has 0 bridgehead atoms. The Bertz CT molecular complexity index is 6860. The number of halogens is 15. The Labute approximate surface area is 867 Å². The zero-order valence-corrected chi connectivity index (χ0v) is 87.1. The van der Waals surface area contributed by atoms with Crippen LogP contribution in [0.15, 0.2) is 107 Å². The number of rotatable bonds is 15. The number of carbonyl (C=O) groups excluding carboxylic acids is 3. The maximum Gasteiger partial charge on any atom is 0.276 e. The lowest BCUT2D eigenvalue weighted by molar-refractivity contribution is -0.131. The van der Waals surface area contributed by atoms with Gasteiger partial charge in [0.25, 0.3) is 16.7 Å². The molecular weight excluding hydrogens is 2070 g/mol. The molecule has 9 aromatic heterocycles. The molecule has 3 saturated heterocycles. The van der Waals surface area contributed by atoms with Crippen LogP contribution in [0.25, 0.3) is 83.9 Å². The van der Waals surface area contributed by atoms with E-state index in [9.17, 15) is 59.9 Å². The Morgan fingerprint density at radius 2 is 0.638 bits per heavy atom. The van der Waals surface area contributed by atoms with Crippen molar-refractivity contribution in [2.45, 2.75) is 158 Å². The van der Waals surface area contributed by atoms with Crippen molar-refractivity contribution in [1.29, 1.82) is 15.8 Å². The Morgan fingerprint density at radius 3 is 0.879 bits per heavy atom. The molecule has 141 heavy (non-hydrogen) atoms. The van der Waals surface area contributed by atoms with Gasteiger partial charge in [0.15, 0.2) is 34.7 Å². The Morgan fingerprint density at radius 1 is 0.383 bits per heavy atom. The maximum absolute atomic E-state index is 15.7. The highest BCUT2D eigenvalue weighted by atomic mass is 35.5. The third-order valence-electron chi connectivity index (χ3n) is 24.8. The van der Waals surface area contributed by atoms with Gasteiger partial charge in [0.2, 0.25) is 17.7 Å². The lowest BCUT2D eigenvalue weighted by atomic mass is 10.0. The minimum atomic E-state index is -1.22. The van der Waals surface area contributed by atoms with Crippen LogP contribution in [0.2, 0.25) is 60.3 Å². The largest absolute Gasteiger partial charge is 0.505 e. The average molecular weight is 2160 g/mol. The summed E-state index contributed by atoms with van der Waals surface area (Å²) in [5.41, 5.74) is 1.83. The molecule has 15 rings (SSSR count). The number of anilines is 3. The van der Waals surface area contributed by atoms with E-state index in [1.807, 2.05) is 97.8 Å². The van der Waals surface area contributed by atoms with Gasteiger partial charge in [-0.15, -0.1) is 0 Å². The maximum atomic E-state index is 15.7. The molecule has 0 radical (unpaired) electrons. The molecule has 3 aliphatic heterocycles. The van der Waals surface area contributed by atoms with E-state index in [1.165, 1.54) is 50.1 Å². The molecule has 0 spiro atoms. The van der Waals surface area contributed by atoms with E-state index in [2.05, 4.69) is 52.9 Å². The van der Waals surface area contributed by atoms with E-state index < -0.39 is 92.1 Å². The zero-order chi connectivity index (χ0) is 104. The molecule has 0 saturated carbocycles. The molecule has 6 atom stereocenters. The van der Waals surface area contributed by atoms with Crippen molar-refractivity contribution in [3.8, 4) is 86.3 Å². The topological polar surface area (TPSA) is 346 Å². The summed E-state index contributed by atoms with van der Waals surface area (Å²) in [6, 6.07) is 14.1. The van der Waals surface area contributed by atoms with Gasteiger partial charge in [-0.3, -0.25) is 57.4 Å². The fraction of sp³-hybridized carbons (Fsp3) is 0.303. The van der Waals surface area contributed by atoms with Crippen molar-refractivity contribution >= 4 is 207 Å². The van der Waals surface area contributed by atoms with Crippen LogP contribution in [-0.2, 0) is 14.4 Å².